The third-order valence-corrected chi connectivity index (χ3v) is 9.06. The fraction of sp³-hybridized carbons (Fsp3) is 0.615. The first kappa shape index (κ1) is 26.3. The molecule has 2 saturated heterocycles. The molecule has 2 aliphatic heterocycles. The van der Waals surface area contributed by atoms with Crippen molar-refractivity contribution in [3.63, 3.8) is 0 Å². The highest BCUT2D eigenvalue weighted by molar-refractivity contribution is 8.00. The second-order valence-electron chi connectivity index (χ2n) is 9.40. The van der Waals surface area contributed by atoms with Crippen molar-refractivity contribution in [3.05, 3.63) is 29.8 Å². The molecule has 1 aromatic carbocycles. The molecule has 10 heteroatoms. The summed E-state index contributed by atoms with van der Waals surface area (Å²) in [6, 6.07) is 9.50. The molecule has 1 aromatic rings. The van der Waals surface area contributed by atoms with Crippen molar-refractivity contribution < 1.29 is 23.9 Å². The summed E-state index contributed by atoms with van der Waals surface area (Å²) in [5, 5.41) is 13.0. The maximum Gasteiger partial charge on any atom is 0.323 e. The van der Waals surface area contributed by atoms with Crippen molar-refractivity contribution in [2.45, 2.75) is 43.9 Å². The minimum atomic E-state index is -0.915. The molecule has 9 nitrogen and oxygen atoms in total. The molecule has 0 radical (unpaired) electrons. The minimum Gasteiger partial charge on any atom is -0.465 e. The van der Waals surface area contributed by atoms with Gasteiger partial charge in [0.2, 0.25) is 5.91 Å². The Hall–Kier alpha value is -2.77. The van der Waals surface area contributed by atoms with Crippen LogP contribution in [0.2, 0.25) is 0 Å². The van der Waals surface area contributed by atoms with Gasteiger partial charge in [0.1, 0.15) is 5.92 Å². The summed E-state index contributed by atoms with van der Waals surface area (Å²) in [5.41, 5.74) is 1.44. The van der Waals surface area contributed by atoms with Crippen LogP contribution in [0.3, 0.4) is 0 Å². The first-order valence-electron chi connectivity index (χ1n) is 12.6. The maximum absolute atomic E-state index is 13.5. The van der Waals surface area contributed by atoms with Gasteiger partial charge in [0.25, 0.3) is 5.91 Å². The molecule has 1 N–H and O–H groups in total. The summed E-state index contributed by atoms with van der Waals surface area (Å²) in [6.45, 7) is 8.49. The average molecular weight is 515 g/mol. The minimum absolute atomic E-state index is 0.0135. The molecule has 3 fully saturated rings. The third kappa shape index (κ3) is 5.18. The van der Waals surface area contributed by atoms with Crippen LogP contribution in [0.1, 0.15) is 37.6 Å². The van der Waals surface area contributed by atoms with Crippen LogP contribution >= 0.6 is 11.8 Å². The van der Waals surface area contributed by atoms with Crippen molar-refractivity contribution in [2.24, 2.45) is 17.8 Å². The standard InChI is InChI=1S/C26H34N4O5S/c1-4-30-24(32)22-20(14-21(22)36-25(30)16(3)19(15-27)26(33)35-5-2)28-18-8-6-7-17(13-18)23(31)29-9-11-34-12-10-29/h6-8,13,16,19-22,25,28H,4-5,9-12,14H2,1-3H3. The fourth-order valence-electron chi connectivity index (χ4n) is 5.23. The van der Waals surface area contributed by atoms with Crippen molar-refractivity contribution in [3.8, 4) is 6.07 Å². The van der Waals surface area contributed by atoms with E-state index in [0.717, 1.165) is 12.1 Å². The molecule has 3 aliphatic rings. The van der Waals surface area contributed by atoms with Gasteiger partial charge in [-0.25, -0.2) is 0 Å². The number of rotatable bonds is 8. The van der Waals surface area contributed by atoms with Crippen molar-refractivity contribution in [1.82, 2.24) is 9.80 Å². The predicted molar refractivity (Wildman–Crippen MR) is 136 cm³/mol. The molecule has 1 saturated carbocycles. The second kappa shape index (κ2) is 11.5. The summed E-state index contributed by atoms with van der Waals surface area (Å²) in [7, 11) is 0. The molecule has 0 aromatic heterocycles. The fourth-order valence-corrected chi connectivity index (χ4v) is 7.18. The number of carbonyl (C=O) groups is 3. The number of hydrogen-bond acceptors (Lipinski definition) is 8. The zero-order valence-corrected chi connectivity index (χ0v) is 21.8. The lowest BCUT2D eigenvalue weighted by Gasteiger charge is -2.54. The Labute approximate surface area is 216 Å². The lowest BCUT2D eigenvalue weighted by molar-refractivity contribution is -0.150. The highest BCUT2D eigenvalue weighted by Crippen LogP contribution is 2.49. The Morgan fingerprint density at radius 2 is 2.06 bits per heavy atom. The Morgan fingerprint density at radius 1 is 1.31 bits per heavy atom. The van der Waals surface area contributed by atoms with E-state index in [1.807, 2.05) is 38.1 Å². The van der Waals surface area contributed by atoms with Gasteiger partial charge in [-0.15, -0.1) is 11.8 Å². The summed E-state index contributed by atoms with van der Waals surface area (Å²) >= 11 is 1.68. The van der Waals surface area contributed by atoms with E-state index in [4.69, 9.17) is 9.47 Å². The van der Waals surface area contributed by atoms with Crippen LogP contribution in [-0.2, 0) is 19.1 Å². The largest absolute Gasteiger partial charge is 0.465 e. The predicted octanol–water partition coefficient (Wildman–Crippen LogP) is 2.59. The Morgan fingerprint density at radius 3 is 2.72 bits per heavy atom. The molecule has 2 heterocycles. The molecule has 194 valence electrons. The molecule has 36 heavy (non-hydrogen) atoms. The quantitative estimate of drug-likeness (QED) is 0.527. The van der Waals surface area contributed by atoms with Crippen LogP contribution in [0.25, 0.3) is 0 Å². The van der Waals surface area contributed by atoms with Gasteiger partial charge in [-0.3, -0.25) is 14.4 Å². The van der Waals surface area contributed by atoms with Crippen LogP contribution in [0.4, 0.5) is 5.69 Å². The average Bonchev–Trinajstić information content (AvgIpc) is 2.87. The Balaban J connectivity index is 1.43. The first-order chi connectivity index (χ1) is 17.4. The first-order valence-corrected chi connectivity index (χ1v) is 13.6. The monoisotopic (exact) mass is 514 g/mol. The van der Waals surface area contributed by atoms with Gasteiger partial charge in [0.15, 0.2) is 0 Å². The number of anilines is 1. The van der Waals surface area contributed by atoms with Gasteiger partial charge >= 0.3 is 5.97 Å². The number of thioether (sulfide) groups is 1. The third-order valence-electron chi connectivity index (χ3n) is 7.27. The zero-order valence-electron chi connectivity index (χ0n) is 21.0. The number of benzene rings is 1. The lowest BCUT2D eigenvalue weighted by Crippen LogP contribution is -2.63. The Bertz CT molecular complexity index is 1020. The van der Waals surface area contributed by atoms with E-state index in [1.165, 1.54) is 0 Å². The van der Waals surface area contributed by atoms with Crippen LogP contribution in [-0.4, -0.2) is 83.7 Å². The number of fused-ring (bicyclic) bond motifs is 1. The van der Waals surface area contributed by atoms with Gasteiger partial charge in [0.05, 0.1) is 37.2 Å². The summed E-state index contributed by atoms with van der Waals surface area (Å²) < 4.78 is 10.4. The van der Waals surface area contributed by atoms with Crippen LogP contribution in [0.5, 0.6) is 0 Å². The van der Waals surface area contributed by atoms with Gasteiger partial charge in [-0.1, -0.05) is 13.0 Å². The SMILES string of the molecule is CCOC(=O)C(C#N)C(C)C1SC2CC(Nc3cccc(C(=O)N4CCOCC4)c3)C2C(=O)N1CC. The summed E-state index contributed by atoms with van der Waals surface area (Å²) in [6.07, 6.45) is 0.792. The molecule has 6 unspecified atom stereocenters. The van der Waals surface area contributed by atoms with E-state index < -0.39 is 11.9 Å². The number of amides is 2. The lowest BCUT2D eigenvalue weighted by atomic mass is 9.77. The van der Waals surface area contributed by atoms with E-state index in [0.29, 0.717) is 38.4 Å². The second-order valence-corrected chi connectivity index (χ2v) is 10.8. The van der Waals surface area contributed by atoms with Gasteiger partial charge < -0.3 is 24.6 Å². The van der Waals surface area contributed by atoms with E-state index >= 15 is 0 Å². The highest BCUT2D eigenvalue weighted by Gasteiger charge is 2.55. The normalized spacial score (nSPS) is 27.2. The molecule has 1 aliphatic carbocycles. The zero-order chi connectivity index (χ0) is 25.8. The molecule has 0 bridgehead atoms. The molecule has 0 spiro atoms. The number of carbonyl (C=O) groups excluding carboxylic acids is 3. The van der Waals surface area contributed by atoms with Gasteiger partial charge in [-0.05, 0) is 38.5 Å². The smallest absolute Gasteiger partial charge is 0.323 e. The highest BCUT2D eigenvalue weighted by atomic mass is 32.2. The molecular weight excluding hydrogens is 480 g/mol. The van der Waals surface area contributed by atoms with E-state index in [1.54, 1.807) is 28.5 Å². The number of morpholine rings is 1. The topological polar surface area (TPSA) is 112 Å². The van der Waals surface area contributed by atoms with Crippen molar-refractivity contribution in [1.29, 1.82) is 5.26 Å². The molecular formula is C26H34N4O5S. The van der Waals surface area contributed by atoms with E-state index in [9.17, 15) is 19.6 Å². The number of ether oxygens (including phenoxy) is 2. The number of hydrogen-bond donors (Lipinski definition) is 1. The van der Waals surface area contributed by atoms with Crippen molar-refractivity contribution >= 4 is 35.2 Å². The number of esters is 1. The Kier molecular flexibility index (Phi) is 8.42. The number of nitriles is 1. The molecule has 2 amide bonds. The van der Waals surface area contributed by atoms with Crippen LogP contribution < -0.4 is 5.32 Å². The molecule has 4 rings (SSSR count). The molecule has 6 atom stereocenters. The van der Waals surface area contributed by atoms with E-state index in [2.05, 4.69) is 11.4 Å². The maximum atomic E-state index is 13.5. The number of nitrogens with one attached hydrogen (secondary N) is 1. The summed E-state index contributed by atoms with van der Waals surface area (Å²) in [5.74, 6) is -1.96. The van der Waals surface area contributed by atoms with E-state index in [-0.39, 0.29) is 46.9 Å². The number of nitrogens with zero attached hydrogens (tertiary/aromatic N) is 3. The van der Waals surface area contributed by atoms with Gasteiger partial charge in [-0.2, -0.15) is 5.26 Å². The van der Waals surface area contributed by atoms with Crippen LogP contribution in [0.15, 0.2) is 24.3 Å². The van der Waals surface area contributed by atoms with Gasteiger partial charge in [0, 0.05) is 48.1 Å². The summed E-state index contributed by atoms with van der Waals surface area (Å²) in [4.78, 5) is 42.3. The van der Waals surface area contributed by atoms with Crippen LogP contribution in [0, 0.1) is 29.1 Å². The van der Waals surface area contributed by atoms with Crippen molar-refractivity contribution in [2.75, 3.05) is 44.8 Å².